The summed E-state index contributed by atoms with van der Waals surface area (Å²) < 4.78 is 18.2. The molecule has 0 aliphatic carbocycles. The molecule has 0 spiro atoms. The van der Waals surface area contributed by atoms with Gasteiger partial charge in [0, 0.05) is 36.3 Å². The molecular formula is C29H23NO6. The van der Waals surface area contributed by atoms with Crippen molar-refractivity contribution < 1.29 is 23.9 Å². The summed E-state index contributed by atoms with van der Waals surface area (Å²) in [5.41, 5.74) is 1.77. The normalized spacial score (nSPS) is 13.1. The van der Waals surface area contributed by atoms with E-state index in [0.717, 1.165) is 28.2 Å². The third-order valence-electron chi connectivity index (χ3n) is 6.06. The van der Waals surface area contributed by atoms with E-state index in [0.29, 0.717) is 6.42 Å². The first kappa shape index (κ1) is 23.3. The summed E-state index contributed by atoms with van der Waals surface area (Å²) in [4.78, 5) is 22.7. The maximum Gasteiger partial charge on any atom is 0.311 e. The third-order valence-corrected chi connectivity index (χ3v) is 6.06. The van der Waals surface area contributed by atoms with Gasteiger partial charge in [-0.15, -0.1) is 0 Å². The molecule has 1 heterocycles. The Kier molecular flexibility index (Phi) is 6.47. The highest BCUT2D eigenvalue weighted by Crippen LogP contribution is 2.52. The molecule has 36 heavy (non-hydrogen) atoms. The number of hydrogen-bond donors (Lipinski definition) is 0. The van der Waals surface area contributed by atoms with Crippen LogP contribution in [-0.4, -0.2) is 17.5 Å². The van der Waals surface area contributed by atoms with Gasteiger partial charge in [0.25, 0.3) is 5.69 Å². The van der Waals surface area contributed by atoms with Crippen LogP contribution in [0.1, 0.15) is 29.5 Å². The van der Waals surface area contributed by atoms with Gasteiger partial charge in [-0.2, -0.15) is 0 Å². The zero-order valence-corrected chi connectivity index (χ0v) is 19.3. The number of nitrogens with zero attached hydrogens (tertiary/aromatic N) is 1. The maximum absolute atomic E-state index is 12.4. The molecule has 7 heteroatoms. The zero-order valence-electron chi connectivity index (χ0n) is 19.3. The number of hydrogen-bond acceptors (Lipinski definition) is 6. The van der Waals surface area contributed by atoms with Crippen LogP contribution >= 0.6 is 0 Å². The number of nitro groups is 1. The molecule has 0 aromatic heterocycles. The first-order chi connectivity index (χ1) is 17.6. The van der Waals surface area contributed by atoms with Crippen molar-refractivity contribution in [1.82, 2.24) is 0 Å². The number of rotatable bonds is 8. The fourth-order valence-electron chi connectivity index (χ4n) is 4.44. The summed E-state index contributed by atoms with van der Waals surface area (Å²) in [6, 6.07) is 31.0. The zero-order chi connectivity index (χ0) is 25.0. The van der Waals surface area contributed by atoms with Crippen molar-refractivity contribution in [2.24, 2.45) is 0 Å². The molecule has 4 aromatic carbocycles. The number of carbonyl (C=O) groups excluding carboxylic acids is 1. The van der Waals surface area contributed by atoms with Gasteiger partial charge >= 0.3 is 5.97 Å². The minimum Gasteiger partial charge on any atom is -0.457 e. The molecule has 1 aliphatic heterocycles. The second kappa shape index (κ2) is 10.0. The summed E-state index contributed by atoms with van der Waals surface area (Å²) in [5.74, 6) is 1.27. The van der Waals surface area contributed by atoms with Crippen LogP contribution in [0.25, 0.3) is 0 Å². The number of nitro benzene ring substituents is 1. The largest absolute Gasteiger partial charge is 0.457 e. The average molecular weight is 482 g/mol. The fourth-order valence-corrected chi connectivity index (χ4v) is 4.44. The van der Waals surface area contributed by atoms with E-state index in [4.69, 9.17) is 14.2 Å². The highest BCUT2D eigenvalue weighted by atomic mass is 16.6. The quantitative estimate of drug-likeness (QED) is 0.0952. The van der Waals surface area contributed by atoms with Crippen LogP contribution in [0, 0.1) is 10.1 Å². The Hall–Kier alpha value is -4.49. The van der Waals surface area contributed by atoms with E-state index in [1.807, 2.05) is 78.9 Å². The van der Waals surface area contributed by atoms with Crippen LogP contribution in [-0.2, 0) is 15.1 Å². The number of ether oxygens (including phenoxy) is 3. The van der Waals surface area contributed by atoms with E-state index in [1.54, 1.807) is 0 Å². The summed E-state index contributed by atoms with van der Waals surface area (Å²) in [6.45, 7) is 0.285. The van der Waals surface area contributed by atoms with E-state index >= 15 is 0 Å². The summed E-state index contributed by atoms with van der Waals surface area (Å²) in [5, 5.41) is 10.8. The summed E-state index contributed by atoms with van der Waals surface area (Å²) in [7, 11) is 0. The third kappa shape index (κ3) is 4.44. The van der Waals surface area contributed by atoms with Gasteiger partial charge in [-0.1, -0.05) is 66.7 Å². The van der Waals surface area contributed by atoms with Crippen molar-refractivity contribution in [3.63, 3.8) is 0 Å². The fraction of sp³-hybridized carbons (Fsp3) is 0.138. The molecule has 5 rings (SSSR count). The Bertz CT molecular complexity index is 1340. The van der Waals surface area contributed by atoms with Crippen molar-refractivity contribution in [2.75, 3.05) is 6.61 Å². The lowest BCUT2D eigenvalue weighted by atomic mass is 9.78. The first-order valence-electron chi connectivity index (χ1n) is 11.6. The molecule has 180 valence electrons. The summed E-state index contributed by atoms with van der Waals surface area (Å²) >= 11 is 0. The number of non-ortho nitro benzene ring substituents is 1. The molecule has 0 radical (unpaired) electrons. The molecule has 0 amide bonds. The van der Waals surface area contributed by atoms with Crippen molar-refractivity contribution in [3.05, 3.63) is 130 Å². The van der Waals surface area contributed by atoms with Gasteiger partial charge in [0.1, 0.15) is 17.2 Å². The predicted molar refractivity (Wildman–Crippen MR) is 133 cm³/mol. The van der Waals surface area contributed by atoms with E-state index in [2.05, 4.69) is 0 Å². The topological polar surface area (TPSA) is 87.9 Å². The first-order valence-corrected chi connectivity index (χ1v) is 11.6. The van der Waals surface area contributed by atoms with Gasteiger partial charge in [0.15, 0.2) is 5.60 Å². The number of para-hydroxylation sites is 2. The van der Waals surface area contributed by atoms with Gasteiger partial charge in [0.2, 0.25) is 0 Å². The van der Waals surface area contributed by atoms with E-state index < -0.39 is 16.5 Å². The van der Waals surface area contributed by atoms with Gasteiger partial charge in [-0.25, -0.2) is 0 Å². The molecule has 0 bridgehead atoms. The number of carbonyl (C=O) groups is 1. The van der Waals surface area contributed by atoms with Gasteiger partial charge < -0.3 is 14.2 Å². The standard InChI is InChI=1S/C29H23NO6/c31-28(35-23-18-16-22(17-19-23)30(32)33)15-8-20-34-29(21-9-2-1-3-10-21)24-11-4-6-13-26(24)36-27-14-7-5-12-25(27)29/h1-7,9-14,16-19H,8,15,20H2. The molecule has 1 aliphatic rings. The van der Waals surface area contributed by atoms with E-state index in [1.165, 1.54) is 24.3 Å². The van der Waals surface area contributed by atoms with Crippen LogP contribution < -0.4 is 9.47 Å². The van der Waals surface area contributed by atoms with Crippen LogP contribution in [0.15, 0.2) is 103 Å². The van der Waals surface area contributed by atoms with E-state index in [9.17, 15) is 14.9 Å². The molecule has 0 saturated heterocycles. The monoisotopic (exact) mass is 481 g/mol. The SMILES string of the molecule is O=C(CCCOC1(c2ccccc2)c2ccccc2Oc2ccccc21)Oc1ccc([N+](=O)[O-])cc1. The second-order valence-corrected chi connectivity index (χ2v) is 8.32. The van der Waals surface area contributed by atoms with Crippen LogP contribution in [0.4, 0.5) is 5.69 Å². The number of esters is 1. The Balaban J connectivity index is 1.36. The van der Waals surface area contributed by atoms with Crippen LogP contribution in [0.2, 0.25) is 0 Å². The maximum atomic E-state index is 12.4. The van der Waals surface area contributed by atoms with Gasteiger partial charge in [0.05, 0.1) is 4.92 Å². The minimum atomic E-state index is -0.908. The molecular weight excluding hydrogens is 458 g/mol. The van der Waals surface area contributed by atoms with Crippen molar-refractivity contribution in [2.45, 2.75) is 18.4 Å². The smallest absolute Gasteiger partial charge is 0.311 e. The highest BCUT2D eigenvalue weighted by Gasteiger charge is 2.44. The lowest BCUT2D eigenvalue weighted by molar-refractivity contribution is -0.384. The van der Waals surface area contributed by atoms with E-state index in [-0.39, 0.29) is 24.5 Å². The van der Waals surface area contributed by atoms with Gasteiger partial charge in [-0.3, -0.25) is 14.9 Å². The molecule has 0 N–H and O–H groups in total. The number of fused-ring (bicyclic) bond motifs is 2. The average Bonchev–Trinajstić information content (AvgIpc) is 2.91. The highest BCUT2D eigenvalue weighted by molar-refractivity contribution is 5.72. The van der Waals surface area contributed by atoms with Crippen molar-refractivity contribution in [3.8, 4) is 17.2 Å². The lowest BCUT2D eigenvalue weighted by Crippen LogP contribution is -2.36. The Morgan fingerprint density at radius 2 is 1.39 bits per heavy atom. The minimum absolute atomic E-state index is 0.0635. The predicted octanol–water partition coefficient (Wildman–Crippen LogP) is 6.39. The molecule has 0 atom stereocenters. The molecule has 0 saturated carbocycles. The summed E-state index contributed by atoms with van der Waals surface area (Å²) in [6.07, 6.45) is 0.549. The molecule has 4 aromatic rings. The Labute approximate surface area is 208 Å². The Morgan fingerprint density at radius 1 is 0.806 bits per heavy atom. The van der Waals surface area contributed by atoms with Crippen molar-refractivity contribution in [1.29, 1.82) is 0 Å². The van der Waals surface area contributed by atoms with Crippen LogP contribution in [0.5, 0.6) is 17.2 Å². The Morgan fingerprint density at radius 3 is 2.00 bits per heavy atom. The van der Waals surface area contributed by atoms with Crippen molar-refractivity contribution >= 4 is 11.7 Å². The molecule has 7 nitrogen and oxygen atoms in total. The lowest BCUT2D eigenvalue weighted by Gasteiger charge is -2.40. The molecule has 0 unspecified atom stereocenters. The molecule has 0 fully saturated rings. The van der Waals surface area contributed by atoms with Crippen LogP contribution in [0.3, 0.4) is 0 Å². The van der Waals surface area contributed by atoms with Gasteiger partial charge in [-0.05, 0) is 36.2 Å². The second-order valence-electron chi connectivity index (χ2n) is 8.32. The number of benzene rings is 4.